The molecule has 4 nitrogen and oxygen atoms in total. The molecule has 0 aliphatic rings. The molecule has 3 N–H and O–H groups in total. The van der Waals surface area contributed by atoms with E-state index in [2.05, 4.69) is 15.5 Å². The fraction of sp³-hybridized carbons (Fsp3) is 0.118. The van der Waals surface area contributed by atoms with Gasteiger partial charge in [-0.1, -0.05) is 23.7 Å². The number of rotatable bonds is 5. The van der Waals surface area contributed by atoms with Crippen molar-refractivity contribution in [3.63, 3.8) is 0 Å². The topological polar surface area (TPSA) is 60.9 Å². The van der Waals surface area contributed by atoms with E-state index in [9.17, 15) is 13.9 Å². The van der Waals surface area contributed by atoms with Crippen molar-refractivity contribution in [3.8, 4) is 11.3 Å². The van der Waals surface area contributed by atoms with Crippen molar-refractivity contribution >= 4 is 17.3 Å². The quantitative estimate of drug-likeness (QED) is 0.649. The minimum atomic E-state index is -0.667. The Kier molecular flexibility index (Phi) is 4.78. The second-order valence-corrected chi connectivity index (χ2v) is 5.62. The maximum absolute atomic E-state index is 14.0. The monoisotopic (exact) mass is 349 g/mol. The van der Waals surface area contributed by atoms with Crippen LogP contribution in [0.25, 0.3) is 11.3 Å². The van der Waals surface area contributed by atoms with Gasteiger partial charge in [-0.2, -0.15) is 5.10 Å². The number of nitrogens with zero attached hydrogens (tertiary/aromatic N) is 1. The van der Waals surface area contributed by atoms with Gasteiger partial charge in [-0.3, -0.25) is 5.10 Å². The van der Waals surface area contributed by atoms with Crippen LogP contribution in [0, 0.1) is 11.6 Å². The fourth-order valence-corrected chi connectivity index (χ4v) is 2.61. The smallest absolute Gasteiger partial charge is 0.135 e. The largest absolute Gasteiger partial charge is 0.392 e. The molecule has 0 atom stereocenters. The number of halogens is 3. The average molecular weight is 350 g/mol. The van der Waals surface area contributed by atoms with Crippen LogP contribution in [0.5, 0.6) is 0 Å². The Bertz CT molecular complexity index is 847. The van der Waals surface area contributed by atoms with Crippen LogP contribution in [0.15, 0.2) is 42.6 Å². The van der Waals surface area contributed by atoms with Gasteiger partial charge in [-0.25, -0.2) is 8.78 Å². The van der Waals surface area contributed by atoms with E-state index in [-0.39, 0.29) is 24.4 Å². The molecule has 1 aromatic heterocycles. The zero-order valence-electron chi connectivity index (χ0n) is 12.5. The van der Waals surface area contributed by atoms with Gasteiger partial charge in [0.05, 0.1) is 24.1 Å². The van der Waals surface area contributed by atoms with Crippen LogP contribution in [0.2, 0.25) is 5.02 Å². The Morgan fingerprint density at radius 3 is 2.58 bits per heavy atom. The molecule has 2 aromatic carbocycles. The lowest BCUT2D eigenvalue weighted by Gasteiger charge is -2.12. The summed E-state index contributed by atoms with van der Waals surface area (Å²) in [6.07, 6.45) is 1.50. The highest BCUT2D eigenvalue weighted by molar-refractivity contribution is 6.30. The molecule has 7 heteroatoms. The number of hydrogen-bond donors (Lipinski definition) is 3. The minimum Gasteiger partial charge on any atom is -0.392 e. The molecule has 0 radical (unpaired) electrons. The summed E-state index contributed by atoms with van der Waals surface area (Å²) in [6.45, 7) is 0.104. The van der Waals surface area contributed by atoms with Gasteiger partial charge >= 0.3 is 0 Å². The van der Waals surface area contributed by atoms with Crippen molar-refractivity contribution in [1.29, 1.82) is 0 Å². The standard InChI is InChI=1S/C17H14ClF2N3O/c18-12-5-4-10(9-24)15(6-12)21-7-11-8-22-23-17(11)16-13(19)2-1-3-14(16)20/h1-6,8,21,24H,7,9H2,(H,22,23). The highest BCUT2D eigenvalue weighted by Gasteiger charge is 2.16. The van der Waals surface area contributed by atoms with Gasteiger partial charge in [0.2, 0.25) is 0 Å². The fourth-order valence-electron chi connectivity index (χ4n) is 2.44. The summed E-state index contributed by atoms with van der Waals surface area (Å²) >= 11 is 5.96. The molecular weight excluding hydrogens is 336 g/mol. The maximum atomic E-state index is 14.0. The highest BCUT2D eigenvalue weighted by Crippen LogP contribution is 2.28. The minimum absolute atomic E-state index is 0.153. The van der Waals surface area contributed by atoms with E-state index in [0.717, 1.165) is 0 Å². The van der Waals surface area contributed by atoms with Gasteiger partial charge in [0.1, 0.15) is 11.6 Å². The molecule has 1 heterocycles. The third-order valence-electron chi connectivity index (χ3n) is 3.64. The van der Waals surface area contributed by atoms with Crippen LogP contribution in [-0.2, 0) is 13.2 Å². The molecule has 3 rings (SSSR count). The molecule has 0 spiro atoms. The molecule has 0 aliphatic carbocycles. The van der Waals surface area contributed by atoms with Crippen LogP contribution in [-0.4, -0.2) is 15.3 Å². The first-order valence-electron chi connectivity index (χ1n) is 7.20. The summed E-state index contributed by atoms with van der Waals surface area (Å²) in [7, 11) is 0. The molecule has 0 aliphatic heterocycles. The first-order valence-corrected chi connectivity index (χ1v) is 7.57. The highest BCUT2D eigenvalue weighted by atomic mass is 35.5. The molecule has 0 unspecified atom stereocenters. The number of H-pyrrole nitrogens is 1. The number of aliphatic hydroxyl groups excluding tert-OH is 1. The third-order valence-corrected chi connectivity index (χ3v) is 3.88. The van der Waals surface area contributed by atoms with Crippen LogP contribution >= 0.6 is 11.6 Å². The Labute approximate surface area is 142 Å². The third kappa shape index (κ3) is 3.25. The van der Waals surface area contributed by atoms with Crippen molar-refractivity contribution in [2.24, 2.45) is 0 Å². The molecule has 24 heavy (non-hydrogen) atoms. The van der Waals surface area contributed by atoms with Crippen molar-refractivity contribution < 1.29 is 13.9 Å². The predicted octanol–water partition coefficient (Wildman–Crippen LogP) is 4.11. The van der Waals surface area contributed by atoms with E-state index >= 15 is 0 Å². The molecule has 124 valence electrons. The van der Waals surface area contributed by atoms with E-state index in [1.54, 1.807) is 18.2 Å². The Morgan fingerprint density at radius 2 is 1.88 bits per heavy atom. The molecular formula is C17H14ClF2N3O. The number of aliphatic hydroxyl groups is 1. The number of anilines is 1. The number of hydrogen-bond acceptors (Lipinski definition) is 3. The van der Waals surface area contributed by atoms with Gasteiger partial charge in [0, 0.05) is 28.4 Å². The zero-order valence-corrected chi connectivity index (χ0v) is 13.2. The van der Waals surface area contributed by atoms with Gasteiger partial charge < -0.3 is 10.4 Å². The van der Waals surface area contributed by atoms with E-state index in [4.69, 9.17) is 11.6 Å². The number of aromatic amines is 1. The average Bonchev–Trinajstić information content (AvgIpc) is 3.01. The first-order chi connectivity index (χ1) is 11.6. The van der Waals surface area contributed by atoms with Crippen molar-refractivity contribution in [2.45, 2.75) is 13.2 Å². The summed E-state index contributed by atoms with van der Waals surface area (Å²) in [4.78, 5) is 0. The van der Waals surface area contributed by atoms with Crippen molar-refractivity contribution in [1.82, 2.24) is 10.2 Å². The second kappa shape index (κ2) is 6.98. The van der Waals surface area contributed by atoms with Crippen LogP contribution in [0.4, 0.5) is 14.5 Å². The molecule has 3 aromatic rings. The Hall–Kier alpha value is -2.44. The molecule has 0 saturated carbocycles. The lowest BCUT2D eigenvalue weighted by Crippen LogP contribution is -2.04. The van der Waals surface area contributed by atoms with Crippen molar-refractivity contribution in [2.75, 3.05) is 5.32 Å². The van der Waals surface area contributed by atoms with E-state index in [0.29, 0.717) is 21.8 Å². The lowest BCUT2D eigenvalue weighted by atomic mass is 10.1. The summed E-state index contributed by atoms with van der Waals surface area (Å²) < 4.78 is 27.9. The van der Waals surface area contributed by atoms with Crippen LogP contribution < -0.4 is 5.32 Å². The number of nitrogens with one attached hydrogen (secondary N) is 2. The summed E-state index contributed by atoms with van der Waals surface area (Å²) in [5.41, 5.74) is 2.02. The van der Waals surface area contributed by atoms with Gasteiger partial charge in [0.15, 0.2) is 0 Å². The van der Waals surface area contributed by atoms with E-state index in [1.807, 2.05) is 0 Å². The SMILES string of the molecule is OCc1ccc(Cl)cc1NCc1cn[nH]c1-c1c(F)cccc1F. The molecule has 0 bridgehead atoms. The van der Waals surface area contributed by atoms with Crippen LogP contribution in [0.3, 0.4) is 0 Å². The maximum Gasteiger partial charge on any atom is 0.135 e. The molecule has 0 amide bonds. The van der Waals surface area contributed by atoms with Crippen LogP contribution in [0.1, 0.15) is 11.1 Å². The number of benzene rings is 2. The Morgan fingerprint density at radius 1 is 1.12 bits per heavy atom. The van der Waals surface area contributed by atoms with Gasteiger partial charge in [0.25, 0.3) is 0 Å². The zero-order chi connectivity index (χ0) is 17.1. The Balaban J connectivity index is 1.89. The number of aromatic nitrogens is 2. The molecule has 0 fully saturated rings. The summed E-state index contributed by atoms with van der Waals surface area (Å²) in [5, 5.41) is 19.5. The van der Waals surface area contributed by atoms with E-state index < -0.39 is 11.6 Å². The predicted molar refractivity (Wildman–Crippen MR) is 88.6 cm³/mol. The van der Waals surface area contributed by atoms with Crippen molar-refractivity contribution in [3.05, 3.63) is 70.4 Å². The lowest BCUT2D eigenvalue weighted by molar-refractivity contribution is 0.282. The molecule has 0 saturated heterocycles. The first kappa shape index (κ1) is 16.4. The normalized spacial score (nSPS) is 10.8. The second-order valence-electron chi connectivity index (χ2n) is 5.18. The summed E-state index contributed by atoms with van der Waals surface area (Å²) in [6, 6.07) is 8.75. The summed E-state index contributed by atoms with van der Waals surface area (Å²) in [5.74, 6) is -1.33. The van der Waals surface area contributed by atoms with Gasteiger partial charge in [-0.15, -0.1) is 0 Å². The van der Waals surface area contributed by atoms with E-state index in [1.165, 1.54) is 24.4 Å². The van der Waals surface area contributed by atoms with Gasteiger partial charge in [-0.05, 0) is 24.3 Å².